The molecule has 0 radical (unpaired) electrons. The minimum Gasteiger partial charge on any atom is -0.324 e. The first-order chi connectivity index (χ1) is 4.45. The summed E-state index contributed by atoms with van der Waals surface area (Å²) in [6, 6.07) is 0. The summed E-state index contributed by atoms with van der Waals surface area (Å²) in [5, 5.41) is 0. The summed E-state index contributed by atoms with van der Waals surface area (Å²) in [6.45, 7) is 5.02. The van der Waals surface area contributed by atoms with Crippen molar-refractivity contribution in [3.05, 3.63) is 0 Å². The van der Waals surface area contributed by atoms with Crippen molar-refractivity contribution in [3.8, 4) is 0 Å². The highest BCUT2D eigenvalue weighted by molar-refractivity contribution is 7.51. The van der Waals surface area contributed by atoms with Crippen molar-refractivity contribution >= 4 is 7.60 Å². The van der Waals surface area contributed by atoms with Crippen LogP contribution in [0.2, 0.25) is 0 Å². The van der Waals surface area contributed by atoms with Gasteiger partial charge in [-0.05, 0) is 13.3 Å². The highest BCUT2D eigenvalue weighted by atomic mass is 31.2. The van der Waals surface area contributed by atoms with E-state index >= 15 is 0 Å². The zero-order valence-corrected chi connectivity index (χ0v) is 7.60. The first kappa shape index (κ1) is 10.2. The van der Waals surface area contributed by atoms with Crippen molar-refractivity contribution in [3.63, 3.8) is 0 Å². The summed E-state index contributed by atoms with van der Waals surface area (Å²) >= 11 is 0. The van der Waals surface area contributed by atoms with Gasteiger partial charge in [-0.2, -0.15) is 0 Å². The maximum Gasteiger partial charge on any atom is 0.325 e. The summed E-state index contributed by atoms with van der Waals surface area (Å²) in [5.41, 5.74) is 0. The second-order valence-corrected chi connectivity index (χ2v) is 4.32. The lowest BCUT2D eigenvalue weighted by molar-refractivity contribution is 0.183. The van der Waals surface area contributed by atoms with Gasteiger partial charge in [-0.1, -0.05) is 13.3 Å². The highest BCUT2D eigenvalue weighted by Gasteiger charge is 2.14. The van der Waals surface area contributed by atoms with E-state index in [1.807, 2.05) is 6.92 Å². The Morgan fingerprint density at radius 2 is 2.20 bits per heavy atom. The molecule has 0 bridgehead atoms. The molecule has 0 aliphatic rings. The van der Waals surface area contributed by atoms with E-state index in [0.29, 0.717) is 0 Å². The van der Waals surface area contributed by atoms with E-state index in [9.17, 15) is 4.57 Å². The van der Waals surface area contributed by atoms with Gasteiger partial charge in [0.05, 0.1) is 6.10 Å². The van der Waals surface area contributed by atoms with Gasteiger partial charge in [-0.15, -0.1) is 0 Å². The average Bonchev–Trinajstić information content (AvgIpc) is 1.59. The molecule has 3 nitrogen and oxygen atoms in total. The molecule has 0 saturated heterocycles. The first-order valence-corrected chi connectivity index (χ1v) is 5.47. The Hall–Kier alpha value is 0.150. The van der Waals surface area contributed by atoms with Crippen LogP contribution in [0.5, 0.6) is 0 Å². The van der Waals surface area contributed by atoms with Crippen molar-refractivity contribution < 1.29 is 14.0 Å². The average molecular weight is 166 g/mol. The minimum absolute atomic E-state index is 0.106. The molecule has 10 heavy (non-hydrogen) atoms. The Kier molecular flexibility index (Phi) is 4.18. The fourth-order valence-corrected chi connectivity index (χ4v) is 1.57. The molecule has 2 unspecified atom stereocenters. The van der Waals surface area contributed by atoms with Crippen LogP contribution in [0.4, 0.5) is 0 Å². The lowest BCUT2D eigenvalue weighted by atomic mass is 10.2. The molecule has 0 aliphatic carbocycles. The molecular formula is C6H15O3P. The third-order valence-corrected chi connectivity index (χ3v) is 1.82. The molecule has 0 saturated carbocycles. The number of rotatable bonds is 4. The maximum absolute atomic E-state index is 10.6. The molecule has 0 rings (SSSR count). The molecular weight excluding hydrogens is 151 g/mol. The summed E-state index contributed by atoms with van der Waals surface area (Å²) in [7, 11) is -3.25. The summed E-state index contributed by atoms with van der Waals surface area (Å²) < 4.78 is 15.4. The lowest BCUT2D eigenvalue weighted by Gasteiger charge is -2.13. The van der Waals surface area contributed by atoms with E-state index in [1.54, 1.807) is 6.92 Å². The van der Waals surface area contributed by atoms with Crippen LogP contribution >= 0.6 is 7.60 Å². The van der Waals surface area contributed by atoms with Crippen molar-refractivity contribution in [1.82, 2.24) is 0 Å². The van der Waals surface area contributed by atoms with Crippen LogP contribution in [0.15, 0.2) is 0 Å². The van der Waals surface area contributed by atoms with Crippen LogP contribution in [0.3, 0.4) is 0 Å². The SMILES string of the molecule is CCCC(C)OP(C)(=O)O. The van der Waals surface area contributed by atoms with Crippen LogP contribution in [0, 0.1) is 0 Å². The molecule has 62 valence electrons. The molecule has 0 amide bonds. The van der Waals surface area contributed by atoms with E-state index in [2.05, 4.69) is 0 Å². The van der Waals surface area contributed by atoms with Crippen molar-refractivity contribution in [2.24, 2.45) is 0 Å². The highest BCUT2D eigenvalue weighted by Crippen LogP contribution is 2.38. The van der Waals surface area contributed by atoms with Gasteiger partial charge in [0, 0.05) is 6.66 Å². The monoisotopic (exact) mass is 166 g/mol. The molecule has 0 spiro atoms. The van der Waals surface area contributed by atoms with Crippen LogP contribution in [-0.2, 0) is 9.09 Å². The van der Waals surface area contributed by atoms with Gasteiger partial charge in [0.25, 0.3) is 0 Å². The fraction of sp³-hybridized carbons (Fsp3) is 1.00. The smallest absolute Gasteiger partial charge is 0.324 e. The quantitative estimate of drug-likeness (QED) is 0.650. The van der Waals surface area contributed by atoms with Crippen LogP contribution < -0.4 is 0 Å². The van der Waals surface area contributed by atoms with Gasteiger partial charge in [0.2, 0.25) is 0 Å². The molecule has 0 heterocycles. The van der Waals surface area contributed by atoms with E-state index < -0.39 is 7.60 Å². The molecule has 2 atom stereocenters. The van der Waals surface area contributed by atoms with Gasteiger partial charge in [-0.25, -0.2) is 0 Å². The predicted octanol–water partition coefficient (Wildman–Crippen LogP) is 2.01. The number of hydrogen-bond donors (Lipinski definition) is 1. The predicted molar refractivity (Wildman–Crippen MR) is 41.2 cm³/mol. The molecule has 0 fully saturated rings. The molecule has 4 heteroatoms. The lowest BCUT2D eigenvalue weighted by Crippen LogP contribution is -2.04. The minimum atomic E-state index is -3.25. The Morgan fingerprint density at radius 3 is 2.50 bits per heavy atom. The molecule has 0 aromatic carbocycles. The van der Waals surface area contributed by atoms with E-state index in [4.69, 9.17) is 9.42 Å². The van der Waals surface area contributed by atoms with Crippen molar-refractivity contribution in [2.75, 3.05) is 6.66 Å². The fourth-order valence-electron chi connectivity index (χ4n) is 0.793. The zero-order valence-electron chi connectivity index (χ0n) is 6.70. The first-order valence-electron chi connectivity index (χ1n) is 3.44. The summed E-state index contributed by atoms with van der Waals surface area (Å²) in [6.07, 6.45) is 1.70. The van der Waals surface area contributed by atoms with E-state index in [1.165, 1.54) is 6.66 Å². The standard InChI is InChI=1S/C6H15O3P/c1-4-5-6(2)9-10(3,7)8/h6H,4-5H2,1-3H3,(H,7,8). The van der Waals surface area contributed by atoms with Gasteiger partial charge >= 0.3 is 7.60 Å². The second kappa shape index (κ2) is 4.12. The maximum atomic E-state index is 10.6. The normalized spacial score (nSPS) is 20.0. The summed E-state index contributed by atoms with van der Waals surface area (Å²) in [5.74, 6) is 0. The Labute approximate surface area is 61.9 Å². The molecule has 0 aliphatic heterocycles. The number of hydrogen-bond acceptors (Lipinski definition) is 2. The van der Waals surface area contributed by atoms with Gasteiger partial charge in [0.1, 0.15) is 0 Å². The topological polar surface area (TPSA) is 46.5 Å². The molecule has 0 aromatic heterocycles. The van der Waals surface area contributed by atoms with Gasteiger partial charge in [0.15, 0.2) is 0 Å². The van der Waals surface area contributed by atoms with Crippen LogP contribution in [-0.4, -0.2) is 17.7 Å². The molecule has 0 aromatic rings. The largest absolute Gasteiger partial charge is 0.325 e. The van der Waals surface area contributed by atoms with E-state index in [-0.39, 0.29) is 6.10 Å². The third-order valence-electron chi connectivity index (χ3n) is 1.07. The van der Waals surface area contributed by atoms with Crippen LogP contribution in [0.25, 0.3) is 0 Å². The zero-order chi connectivity index (χ0) is 8.20. The van der Waals surface area contributed by atoms with Crippen molar-refractivity contribution in [1.29, 1.82) is 0 Å². The molecule has 1 N–H and O–H groups in total. The third kappa shape index (κ3) is 6.27. The van der Waals surface area contributed by atoms with Crippen LogP contribution in [0.1, 0.15) is 26.7 Å². The Balaban J connectivity index is 3.58. The summed E-state index contributed by atoms with van der Waals surface area (Å²) in [4.78, 5) is 8.75. The Morgan fingerprint density at radius 1 is 1.70 bits per heavy atom. The van der Waals surface area contributed by atoms with Gasteiger partial charge in [-0.3, -0.25) is 4.57 Å². The second-order valence-electron chi connectivity index (χ2n) is 2.51. The van der Waals surface area contributed by atoms with Gasteiger partial charge < -0.3 is 9.42 Å². The van der Waals surface area contributed by atoms with E-state index in [0.717, 1.165) is 12.8 Å². The Bertz CT molecular complexity index is 129. The van der Waals surface area contributed by atoms with Crippen molar-refractivity contribution in [2.45, 2.75) is 32.8 Å².